The normalized spacial score (nSPS) is 13.8. The van der Waals surface area contributed by atoms with Crippen LogP contribution in [0.15, 0.2) is 36.8 Å². The van der Waals surface area contributed by atoms with Gasteiger partial charge in [0.2, 0.25) is 17.7 Å². The molecule has 3 amide bonds. The standard InChI is InChI=1S/C26H37N7O8/c27-10-2-1-3-19(24(38)32-20(26(40)41)8-9-22(35)36)31-25(39)21(12-16-13-29-14-30-16)33-23(37)18(28)11-15-4-6-17(34)7-5-15/h4-7,13-14,18-21,34H,1-3,8-12,27-28H2,(H,29,30)(H,31,39)(H,32,38)(H,33,37)(H,35,36)(H,40,41). The lowest BCUT2D eigenvalue weighted by Gasteiger charge is -2.25. The first-order chi connectivity index (χ1) is 19.5. The Labute approximate surface area is 236 Å². The number of nitrogens with one attached hydrogen (secondary N) is 4. The van der Waals surface area contributed by atoms with Crippen molar-refractivity contribution >= 4 is 29.7 Å². The first-order valence-corrected chi connectivity index (χ1v) is 13.1. The molecular formula is C26H37N7O8. The fraction of sp³-hybridized carbons (Fsp3) is 0.462. The summed E-state index contributed by atoms with van der Waals surface area (Å²) in [6.45, 7) is 0.329. The van der Waals surface area contributed by atoms with Gasteiger partial charge in [-0.15, -0.1) is 0 Å². The number of aromatic nitrogens is 2. The van der Waals surface area contributed by atoms with Crippen LogP contribution in [0.2, 0.25) is 0 Å². The van der Waals surface area contributed by atoms with E-state index in [2.05, 4.69) is 25.9 Å². The molecule has 0 aliphatic heterocycles. The Morgan fingerprint density at radius 2 is 1.49 bits per heavy atom. The topological polar surface area (TPSA) is 263 Å². The van der Waals surface area contributed by atoms with E-state index in [1.165, 1.54) is 24.7 Å². The zero-order valence-electron chi connectivity index (χ0n) is 22.4. The zero-order chi connectivity index (χ0) is 30.4. The first-order valence-electron chi connectivity index (χ1n) is 13.1. The predicted octanol–water partition coefficient (Wildman–Crippen LogP) is -1.24. The summed E-state index contributed by atoms with van der Waals surface area (Å²) in [6, 6.07) is 1.26. The number of carboxylic acid groups (broad SMARTS) is 2. The summed E-state index contributed by atoms with van der Waals surface area (Å²) < 4.78 is 0. The van der Waals surface area contributed by atoms with Crippen molar-refractivity contribution in [1.82, 2.24) is 25.9 Å². The van der Waals surface area contributed by atoms with Crippen LogP contribution in [0.5, 0.6) is 5.75 Å². The average Bonchev–Trinajstić information content (AvgIpc) is 3.44. The number of aliphatic carboxylic acids is 2. The lowest BCUT2D eigenvalue weighted by Crippen LogP contribution is -2.57. The van der Waals surface area contributed by atoms with Gasteiger partial charge in [0.25, 0.3) is 0 Å². The molecular weight excluding hydrogens is 538 g/mol. The number of nitrogens with two attached hydrogens (primary N) is 2. The van der Waals surface area contributed by atoms with Gasteiger partial charge in [0.15, 0.2) is 0 Å². The van der Waals surface area contributed by atoms with Crippen molar-refractivity contribution in [3.8, 4) is 5.75 Å². The largest absolute Gasteiger partial charge is 0.508 e. The van der Waals surface area contributed by atoms with Crippen LogP contribution < -0.4 is 27.4 Å². The summed E-state index contributed by atoms with van der Waals surface area (Å²) in [7, 11) is 0. The van der Waals surface area contributed by atoms with Crippen molar-refractivity contribution in [2.75, 3.05) is 6.54 Å². The molecule has 41 heavy (non-hydrogen) atoms. The Balaban J connectivity index is 2.17. The van der Waals surface area contributed by atoms with Gasteiger partial charge in [-0.3, -0.25) is 19.2 Å². The van der Waals surface area contributed by atoms with Crippen LogP contribution in [0, 0.1) is 0 Å². The number of hydrogen-bond donors (Lipinski definition) is 9. The van der Waals surface area contributed by atoms with Crippen molar-refractivity contribution < 1.29 is 39.3 Å². The number of amides is 3. The number of nitrogens with zero attached hydrogens (tertiary/aromatic N) is 1. The minimum Gasteiger partial charge on any atom is -0.508 e. The highest BCUT2D eigenvalue weighted by atomic mass is 16.4. The molecule has 1 heterocycles. The van der Waals surface area contributed by atoms with Gasteiger partial charge in [-0.2, -0.15) is 0 Å². The van der Waals surface area contributed by atoms with Crippen LogP contribution in [0.25, 0.3) is 0 Å². The number of carboxylic acids is 2. The van der Waals surface area contributed by atoms with E-state index >= 15 is 0 Å². The number of carbonyl (C=O) groups excluding carboxylic acids is 3. The average molecular weight is 576 g/mol. The third-order valence-corrected chi connectivity index (χ3v) is 6.18. The Morgan fingerprint density at radius 1 is 0.854 bits per heavy atom. The minimum atomic E-state index is -1.48. The molecule has 0 saturated carbocycles. The Hall–Kier alpha value is -4.50. The molecule has 15 nitrogen and oxygen atoms in total. The molecule has 15 heteroatoms. The van der Waals surface area contributed by atoms with Crippen LogP contribution >= 0.6 is 0 Å². The molecule has 0 aliphatic rings. The molecule has 11 N–H and O–H groups in total. The van der Waals surface area contributed by atoms with E-state index in [1.54, 1.807) is 12.1 Å². The number of aromatic hydroxyl groups is 1. The van der Waals surface area contributed by atoms with Gasteiger partial charge < -0.3 is 47.7 Å². The second-order valence-corrected chi connectivity index (χ2v) is 9.50. The number of H-pyrrole nitrogens is 1. The number of carbonyl (C=O) groups is 5. The second kappa shape index (κ2) is 16.6. The highest BCUT2D eigenvalue weighted by Crippen LogP contribution is 2.11. The third kappa shape index (κ3) is 11.6. The molecule has 0 radical (unpaired) electrons. The molecule has 2 rings (SSSR count). The molecule has 0 fully saturated rings. The van der Waals surface area contributed by atoms with Gasteiger partial charge in [-0.25, -0.2) is 9.78 Å². The molecule has 0 saturated heterocycles. The molecule has 4 atom stereocenters. The number of phenolic OH excluding ortho intramolecular Hbond substituents is 1. The van der Waals surface area contributed by atoms with Crippen LogP contribution in [-0.4, -0.2) is 85.7 Å². The summed E-state index contributed by atoms with van der Waals surface area (Å²) in [5, 5.41) is 35.2. The Bertz CT molecular complexity index is 1160. The first kappa shape index (κ1) is 32.7. The van der Waals surface area contributed by atoms with Gasteiger partial charge >= 0.3 is 11.9 Å². The van der Waals surface area contributed by atoms with E-state index in [4.69, 9.17) is 16.6 Å². The van der Waals surface area contributed by atoms with Gasteiger partial charge in [0, 0.05) is 24.7 Å². The molecule has 1 aromatic heterocycles. The molecule has 0 spiro atoms. The molecule has 0 bridgehead atoms. The lowest BCUT2D eigenvalue weighted by molar-refractivity contribution is -0.143. The third-order valence-electron chi connectivity index (χ3n) is 6.18. The number of imidazole rings is 1. The Kier molecular flexibility index (Phi) is 13.2. The summed E-state index contributed by atoms with van der Waals surface area (Å²) in [6.07, 6.45) is 3.21. The summed E-state index contributed by atoms with van der Waals surface area (Å²) >= 11 is 0. The Morgan fingerprint density at radius 3 is 2.07 bits per heavy atom. The highest BCUT2D eigenvalue weighted by molar-refractivity contribution is 5.94. The number of aromatic amines is 1. The van der Waals surface area contributed by atoms with Crippen molar-refractivity contribution in [2.45, 2.75) is 69.1 Å². The van der Waals surface area contributed by atoms with Crippen molar-refractivity contribution in [3.05, 3.63) is 48.0 Å². The molecule has 0 aliphatic carbocycles. The predicted molar refractivity (Wildman–Crippen MR) is 145 cm³/mol. The summed E-state index contributed by atoms with van der Waals surface area (Å²) in [5.74, 6) is -4.76. The van der Waals surface area contributed by atoms with Crippen LogP contribution in [0.4, 0.5) is 0 Å². The van der Waals surface area contributed by atoms with E-state index in [0.717, 1.165) is 0 Å². The number of phenols is 1. The summed E-state index contributed by atoms with van der Waals surface area (Å²) in [5.41, 5.74) is 12.8. The van der Waals surface area contributed by atoms with Crippen LogP contribution in [0.3, 0.4) is 0 Å². The molecule has 4 unspecified atom stereocenters. The van der Waals surface area contributed by atoms with Gasteiger partial charge in [-0.1, -0.05) is 12.1 Å². The molecule has 2 aromatic rings. The maximum absolute atomic E-state index is 13.4. The van der Waals surface area contributed by atoms with Crippen LogP contribution in [-0.2, 0) is 36.8 Å². The van der Waals surface area contributed by atoms with E-state index in [0.29, 0.717) is 30.6 Å². The number of hydrogen-bond acceptors (Lipinski definition) is 9. The summed E-state index contributed by atoms with van der Waals surface area (Å²) in [4.78, 5) is 68.6. The van der Waals surface area contributed by atoms with Gasteiger partial charge in [-0.05, 0) is 56.3 Å². The minimum absolute atomic E-state index is 0.0169. The van der Waals surface area contributed by atoms with Gasteiger partial charge in [0.05, 0.1) is 12.4 Å². The van der Waals surface area contributed by atoms with E-state index in [-0.39, 0.29) is 31.4 Å². The fourth-order valence-electron chi connectivity index (χ4n) is 3.91. The molecule has 224 valence electrons. The number of unbranched alkanes of at least 4 members (excludes halogenated alkanes) is 1. The zero-order valence-corrected chi connectivity index (χ0v) is 22.4. The fourth-order valence-corrected chi connectivity index (χ4v) is 3.91. The lowest BCUT2D eigenvalue weighted by atomic mass is 10.0. The van der Waals surface area contributed by atoms with Crippen molar-refractivity contribution in [2.24, 2.45) is 11.5 Å². The van der Waals surface area contributed by atoms with Crippen LogP contribution in [0.1, 0.15) is 43.4 Å². The van der Waals surface area contributed by atoms with E-state index < -0.39 is 60.2 Å². The number of benzene rings is 1. The smallest absolute Gasteiger partial charge is 0.326 e. The van der Waals surface area contributed by atoms with Crippen molar-refractivity contribution in [1.29, 1.82) is 0 Å². The quantitative estimate of drug-likeness (QED) is 0.0949. The maximum atomic E-state index is 13.4. The second-order valence-electron chi connectivity index (χ2n) is 9.50. The number of rotatable bonds is 18. The van der Waals surface area contributed by atoms with E-state index in [1.807, 2.05) is 0 Å². The highest BCUT2D eigenvalue weighted by Gasteiger charge is 2.30. The monoisotopic (exact) mass is 575 g/mol. The molecule has 1 aromatic carbocycles. The SMILES string of the molecule is NCCCCC(NC(=O)C(Cc1cnc[nH]1)NC(=O)C(N)Cc1ccc(O)cc1)C(=O)NC(CCC(=O)O)C(=O)O. The maximum Gasteiger partial charge on any atom is 0.326 e. The van der Waals surface area contributed by atoms with Crippen molar-refractivity contribution in [3.63, 3.8) is 0 Å². The van der Waals surface area contributed by atoms with E-state index in [9.17, 15) is 34.2 Å². The van der Waals surface area contributed by atoms with Gasteiger partial charge in [0.1, 0.15) is 23.9 Å².